The highest BCUT2D eigenvalue weighted by Crippen LogP contribution is 2.22. The second-order valence-corrected chi connectivity index (χ2v) is 2.99. The third-order valence-corrected chi connectivity index (χ3v) is 2.34. The Morgan fingerprint density at radius 3 is 3.17 bits per heavy atom. The maximum Gasteiger partial charge on any atom is 0.214 e. The number of Topliss-reactive ketones (excluding diaryl/α,β-unsaturated/α-hetero) is 1. The smallest absolute Gasteiger partial charge is 0.214 e. The Morgan fingerprint density at radius 1 is 1.58 bits per heavy atom. The number of aldehydes is 1. The van der Waals surface area contributed by atoms with Crippen molar-refractivity contribution in [2.24, 2.45) is 0 Å². The molecule has 0 aromatic rings. The van der Waals surface area contributed by atoms with Crippen molar-refractivity contribution >= 4 is 12.1 Å². The fraction of sp³-hybridized carbons (Fsp3) is 0.500. The summed E-state index contributed by atoms with van der Waals surface area (Å²) in [7, 11) is 0. The predicted molar refractivity (Wildman–Crippen MR) is 42.0 cm³/mol. The Kier molecular flexibility index (Phi) is 1.69. The Balaban J connectivity index is 2.11. The summed E-state index contributed by atoms with van der Waals surface area (Å²) in [5.41, 5.74) is 0. The SMILES string of the molecule is O=CC(=O)C1CCN2C=CCN12. The number of carbonyl (C=O) groups is 2. The van der Waals surface area contributed by atoms with Crippen molar-refractivity contribution in [1.82, 2.24) is 10.0 Å². The molecule has 12 heavy (non-hydrogen) atoms. The fourth-order valence-electron chi connectivity index (χ4n) is 1.75. The van der Waals surface area contributed by atoms with Crippen molar-refractivity contribution in [3.05, 3.63) is 12.3 Å². The van der Waals surface area contributed by atoms with E-state index in [-0.39, 0.29) is 11.8 Å². The van der Waals surface area contributed by atoms with Gasteiger partial charge in [0.15, 0.2) is 6.29 Å². The summed E-state index contributed by atoms with van der Waals surface area (Å²) in [6.07, 6.45) is 5.14. The molecule has 2 aliphatic heterocycles. The number of hydrazine groups is 1. The van der Waals surface area contributed by atoms with Gasteiger partial charge in [0.25, 0.3) is 0 Å². The van der Waals surface area contributed by atoms with Gasteiger partial charge in [-0.1, -0.05) is 6.08 Å². The van der Waals surface area contributed by atoms with Gasteiger partial charge in [-0.3, -0.25) is 9.59 Å². The molecule has 1 atom stereocenters. The molecule has 0 bridgehead atoms. The summed E-state index contributed by atoms with van der Waals surface area (Å²) in [6, 6.07) is -0.211. The lowest BCUT2D eigenvalue weighted by Crippen LogP contribution is -2.39. The van der Waals surface area contributed by atoms with Crippen molar-refractivity contribution in [3.8, 4) is 0 Å². The number of fused-ring (bicyclic) bond motifs is 1. The molecule has 0 saturated carbocycles. The van der Waals surface area contributed by atoms with Gasteiger partial charge in [-0.05, 0) is 6.42 Å². The molecule has 1 fully saturated rings. The van der Waals surface area contributed by atoms with E-state index in [0.717, 1.165) is 19.5 Å². The third-order valence-electron chi connectivity index (χ3n) is 2.34. The first kappa shape index (κ1) is 7.49. The van der Waals surface area contributed by atoms with Gasteiger partial charge in [-0.2, -0.15) is 0 Å². The van der Waals surface area contributed by atoms with E-state index in [1.165, 1.54) is 0 Å². The van der Waals surface area contributed by atoms with E-state index in [2.05, 4.69) is 0 Å². The van der Waals surface area contributed by atoms with E-state index in [1.807, 2.05) is 22.3 Å². The summed E-state index contributed by atoms with van der Waals surface area (Å²) < 4.78 is 0. The maximum atomic E-state index is 11.1. The summed E-state index contributed by atoms with van der Waals surface area (Å²) in [5, 5.41) is 3.92. The van der Waals surface area contributed by atoms with Crippen molar-refractivity contribution in [2.75, 3.05) is 13.1 Å². The zero-order valence-electron chi connectivity index (χ0n) is 6.64. The van der Waals surface area contributed by atoms with E-state index < -0.39 is 0 Å². The molecule has 1 unspecified atom stereocenters. The minimum absolute atomic E-state index is 0.211. The molecule has 0 spiro atoms. The molecular formula is C8H10N2O2. The van der Waals surface area contributed by atoms with Crippen LogP contribution in [0.4, 0.5) is 0 Å². The Labute approximate surface area is 70.4 Å². The standard InChI is InChI=1S/C8H10N2O2/c11-6-8(12)7-2-5-9-3-1-4-10(7)9/h1,3,6-7H,2,4-5H2. The molecule has 0 aromatic heterocycles. The number of carbonyl (C=O) groups excluding carboxylic acids is 2. The highest BCUT2D eigenvalue weighted by atomic mass is 16.2. The van der Waals surface area contributed by atoms with Gasteiger partial charge >= 0.3 is 0 Å². The molecule has 2 heterocycles. The van der Waals surface area contributed by atoms with Gasteiger partial charge in [0.2, 0.25) is 5.78 Å². The van der Waals surface area contributed by atoms with Crippen LogP contribution in [0.25, 0.3) is 0 Å². The molecule has 0 aromatic carbocycles. The number of nitrogens with zero attached hydrogens (tertiary/aromatic N) is 2. The lowest BCUT2D eigenvalue weighted by molar-refractivity contribution is -0.134. The van der Waals surface area contributed by atoms with Crippen molar-refractivity contribution in [3.63, 3.8) is 0 Å². The molecular weight excluding hydrogens is 156 g/mol. The first-order chi connectivity index (χ1) is 5.83. The van der Waals surface area contributed by atoms with Crippen molar-refractivity contribution in [2.45, 2.75) is 12.5 Å². The minimum Gasteiger partial charge on any atom is -0.312 e. The zero-order chi connectivity index (χ0) is 8.55. The fourth-order valence-corrected chi connectivity index (χ4v) is 1.75. The van der Waals surface area contributed by atoms with Crippen LogP contribution < -0.4 is 0 Å². The Morgan fingerprint density at radius 2 is 2.42 bits per heavy atom. The van der Waals surface area contributed by atoms with Gasteiger partial charge in [0.05, 0.1) is 6.04 Å². The topological polar surface area (TPSA) is 40.6 Å². The highest BCUT2D eigenvalue weighted by Gasteiger charge is 2.35. The van der Waals surface area contributed by atoms with E-state index >= 15 is 0 Å². The van der Waals surface area contributed by atoms with Crippen molar-refractivity contribution in [1.29, 1.82) is 0 Å². The minimum atomic E-state index is -0.304. The summed E-state index contributed by atoms with van der Waals surface area (Å²) >= 11 is 0. The van der Waals surface area contributed by atoms with Gasteiger partial charge in [0, 0.05) is 19.3 Å². The zero-order valence-corrected chi connectivity index (χ0v) is 6.64. The van der Waals surface area contributed by atoms with Crippen molar-refractivity contribution < 1.29 is 9.59 Å². The second-order valence-electron chi connectivity index (χ2n) is 2.99. The average Bonchev–Trinajstić information content (AvgIpc) is 2.62. The first-order valence-corrected chi connectivity index (χ1v) is 4.02. The molecule has 2 aliphatic rings. The monoisotopic (exact) mass is 166 g/mol. The van der Waals surface area contributed by atoms with E-state index in [0.29, 0.717) is 6.29 Å². The summed E-state index contributed by atoms with van der Waals surface area (Å²) in [5.74, 6) is -0.304. The van der Waals surface area contributed by atoms with E-state index in [1.54, 1.807) is 0 Å². The molecule has 0 N–H and O–H groups in total. The second kappa shape index (κ2) is 2.71. The summed E-state index contributed by atoms with van der Waals surface area (Å²) in [4.78, 5) is 21.4. The van der Waals surface area contributed by atoms with Crippen LogP contribution in [0, 0.1) is 0 Å². The molecule has 0 aliphatic carbocycles. The lowest BCUT2D eigenvalue weighted by atomic mass is 10.1. The van der Waals surface area contributed by atoms with Gasteiger partial charge < -0.3 is 5.01 Å². The van der Waals surface area contributed by atoms with Gasteiger partial charge in [0.1, 0.15) is 0 Å². The molecule has 64 valence electrons. The van der Waals surface area contributed by atoms with E-state index in [9.17, 15) is 9.59 Å². The number of ketones is 1. The van der Waals surface area contributed by atoms with Gasteiger partial charge in [-0.25, -0.2) is 5.01 Å². The van der Waals surface area contributed by atoms with Crippen LogP contribution in [0.5, 0.6) is 0 Å². The maximum absolute atomic E-state index is 11.1. The van der Waals surface area contributed by atoms with E-state index in [4.69, 9.17) is 0 Å². The third kappa shape index (κ3) is 0.956. The van der Waals surface area contributed by atoms with Crippen LogP contribution in [0.15, 0.2) is 12.3 Å². The van der Waals surface area contributed by atoms with Crippen LogP contribution in [0.2, 0.25) is 0 Å². The molecule has 4 heteroatoms. The predicted octanol–water partition coefficient (Wildman–Crippen LogP) is -0.427. The van der Waals surface area contributed by atoms with Gasteiger partial charge in [-0.15, -0.1) is 0 Å². The van der Waals surface area contributed by atoms with Crippen LogP contribution in [0.3, 0.4) is 0 Å². The van der Waals surface area contributed by atoms with Crippen LogP contribution in [0.1, 0.15) is 6.42 Å². The molecule has 0 radical (unpaired) electrons. The summed E-state index contributed by atoms with van der Waals surface area (Å²) in [6.45, 7) is 1.60. The highest BCUT2D eigenvalue weighted by molar-refractivity contribution is 6.27. The first-order valence-electron chi connectivity index (χ1n) is 4.02. The van der Waals surface area contributed by atoms with Crippen LogP contribution in [-0.2, 0) is 9.59 Å². The van der Waals surface area contributed by atoms with Crippen LogP contribution in [-0.4, -0.2) is 41.2 Å². The quantitative estimate of drug-likeness (QED) is 0.412. The lowest BCUT2D eigenvalue weighted by Gasteiger charge is -2.23. The number of rotatable bonds is 2. The Bertz CT molecular complexity index is 249. The number of hydrogen-bond donors (Lipinski definition) is 0. The molecule has 2 rings (SSSR count). The Hall–Kier alpha value is -1.16. The normalized spacial score (nSPS) is 27.7. The largest absolute Gasteiger partial charge is 0.312 e. The number of hydrogen-bond acceptors (Lipinski definition) is 4. The molecule has 1 saturated heterocycles. The molecule has 0 amide bonds. The average molecular weight is 166 g/mol. The molecule has 4 nitrogen and oxygen atoms in total. The van der Waals surface area contributed by atoms with Crippen LogP contribution >= 0.6 is 0 Å².